The van der Waals surface area contributed by atoms with Gasteiger partial charge in [0.25, 0.3) is 0 Å². The van der Waals surface area contributed by atoms with E-state index in [1.807, 2.05) is 18.9 Å². The molecule has 0 aromatic carbocycles. The molecule has 5 nitrogen and oxygen atoms in total. The number of hydrogen-bond donors (Lipinski definition) is 1. The largest absolute Gasteiger partial charge is 0.481 e. The topological polar surface area (TPSA) is 60.9 Å². The molecule has 0 unspecified atom stereocenters. The normalized spacial score (nSPS) is 27.8. The number of hydrogen-bond acceptors (Lipinski definition) is 3. The molecule has 1 aliphatic heterocycles. The molecule has 0 bridgehead atoms. The van der Waals surface area contributed by atoms with Crippen molar-refractivity contribution in [2.24, 2.45) is 0 Å². The number of aliphatic carboxylic acids is 1. The Labute approximate surface area is 89.7 Å². The van der Waals surface area contributed by atoms with Crippen LogP contribution in [0.15, 0.2) is 0 Å². The Hall–Kier alpha value is -1.10. The van der Waals surface area contributed by atoms with Gasteiger partial charge < -0.3 is 10.0 Å². The Bertz CT molecular complexity index is 267. The summed E-state index contributed by atoms with van der Waals surface area (Å²) in [6, 6.07) is -0.113. The van der Waals surface area contributed by atoms with Gasteiger partial charge in [-0.3, -0.25) is 14.5 Å². The summed E-state index contributed by atoms with van der Waals surface area (Å²) in [6.45, 7) is 4.86. The second-order valence-electron chi connectivity index (χ2n) is 4.10. The summed E-state index contributed by atoms with van der Waals surface area (Å²) in [7, 11) is 1.90. The highest BCUT2D eigenvalue weighted by molar-refractivity contribution is 5.74. The highest BCUT2D eigenvalue weighted by Crippen LogP contribution is 2.18. The second kappa shape index (κ2) is 4.61. The second-order valence-corrected chi connectivity index (χ2v) is 4.10. The van der Waals surface area contributed by atoms with Crippen LogP contribution in [0.1, 0.15) is 20.3 Å². The summed E-state index contributed by atoms with van der Waals surface area (Å²) < 4.78 is 0. The van der Waals surface area contributed by atoms with Gasteiger partial charge in [0, 0.05) is 32.1 Å². The van der Waals surface area contributed by atoms with Gasteiger partial charge in [0.15, 0.2) is 0 Å². The van der Waals surface area contributed by atoms with E-state index in [0.717, 1.165) is 6.54 Å². The van der Waals surface area contributed by atoms with Crippen LogP contribution in [0.4, 0.5) is 0 Å². The van der Waals surface area contributed by atoms with Gasteiger partial charge >= 0.3 is 5.97 Å². The molecule has 1 saturated heterocycles. The molecule has 5 heteroatoms. The highest BCUT2D eigenvalue weighted by Gasteiger charge is 2.34. The Morgan fingerprint density at radius 2 is 2.00 bits per heavy atom. The van der Waals surface area contributed by atoms with Crippen LogP contribution < -0.4 is 0 Å². The third-order valence-electron chi connectivity index (χ3n) is 3.10. The van der Waals surface area contributed by atoms with Crippen molar-refractivity contribution in [1.82, 2.24) is 9.80 Å². The van der Waals surface area contributed by atoms with Crippen molar-refractivity contribution in [1.29, 1.82) is 0 Å². The zero-order valence-corrected chi connectivity index (χ0v) is 9.43. The molecule has 2 atom stereocenters. The van der Waals surface area contributed by atoms with E-state index in [1.54, 1.807) is 4.90 Å². The maximum absolute atomic E-state index is 11.3. The van der Waals surface area contributed by atoms with E-state index >= 15 is 0 Å². The Morgan fingerprint density at radius 1 is 1.40 bits per heavy atom. The number of amides is 1. The van der Waals surface area contributed by atoms with Gasteiger partial charge in [0.1, 0.15) is 0 Å². The molecule has 1 rings (SSSR count). The fraction of sp³-hybridized carbons (Fsp3) is 0.800. The average Bonchev–Trinajstić information content (AvgIpc) is 2.11. The van der Waals surface area contributed by atoms with Gasteiger partial charge in [-0.05, 0) is 14.0 Å². The van der Waals surface area contributed by atoms with E-state index in [1.165, 1.54) is 6.92 Å². The molecular weight excluding hydrogens is 196 g/mol. The molecule has 0 aromatic rings. The van der Waals surface area contributed by atoms with E-state index in [2.05, 4.69) is 0 Å². The smallest absolute Gasteiger partial charge is 0.305 e. The van der Waals surface area contributed by atoms with Crippen LogP contribution in [0.5, 0.6) is 0 Å². The van der Waals surface area contributed by atoms with Crippen molar-refractivity contribution in [2.45, 2.75) is 32.4 Å². The predicted octanol–water partition coefficient (Wildman–Crippen LogP) is 0.0121. The van der Waals surface area contributed by atoms with E-state index < -0.39 is 5.97 Å². The first-order valence-electron chi connectivity index (χ1n) is 5.12. The number of carboxylic acid groups (broad SMARTS) is 1. The maximum Gasteiger partial charge on any atom is 0.305 e. The third-order valence-corrected chi connectivity index (χ3v) is 3.10. The molecule has 1 N–H and O–H groups in total. The van der Waals surface area contributed by atoms with Crippen molar-refractivity contribution in [2.75, 3.05) is 20.1 Å². The zero-order valence-electron chi connectivity index (χ0n) is 9.43. The van der Waals surface area contributed by atoms with E-state index in [4.69, 9.17) is 5.11 Å². The number of carbonyl (C=O) groups excluding carboxylic acids is 1. The average molecular weight is 214 g/mol. The van der Waals surface area contributed by atoms with E-state index in [-0.39, 0.29) is 24.4 Å². The summed E-state index contributed by atoms with van der Waals surface area (Å²) in [6.07, 6.45) is 0.0848. The molecule has 15 heavy (non-hydrogen) atoms. The first-order chi connectivity index (χ1) is 6.93. The van der Waals surface area contributed by atoms with Crippen LogP contribution in [0.25, 0.3) is 0 Å². The Morgan fingerprint density at radius 3 is 2.47 bits per heavy atom. The number of likely N-dealkylation sites (N-methyl/N-ethyl adjacent to an activating group) is 1. The first-order valence-corrected chi connectivity index (χ1v) is 5.12. The van der Waals surface area contributed by atoms with Crippen molar-refractivity contribution in [3.05, 3.63) is 0 Å². The minimum absolute atomic E-state index is 0.0194. The quantitative estimate of drug-likeness (QED) is 0.703. The lowest BCUT2D eigenvalue weighted by atomic mass is 10.0. The standard InChI is InChI=1S/C10H18N2O3/c1-7-9(6-10(14)15)11(3)4-5-12(7)8(2)13/h7,9H,4-6H2,1-3H3,(H,14,15)/t7-,9+/m1/s1. The van der Waals surface area contributed by atoms with Crippen LogP contribution in [-0.2, 0) is 9.59 Å². The molecule has 86 valence electrons. The number of piperazine rings is 1. The molecule has 0 saturated carbocycles. The lowest BCUT2D eigenvalue weighted by Gasteiger charge is -2.44. The lowest BCUT2D eigenvalue weighted by molar-refractivity contribution is -0.143. The molecule has 1 fully saturated rings. The van der Waals surface area contributed by atoms with Crippen LogP contribution in [-0.4, -0.2) is 59.0 Å². The SMILES string of the molecule is CC(=O)N1CCN(C)[C@@H](CC(=O)O)[C@H]1C. The summed E-state index contributed by atoms with van der Waals surface area (Å²) in [5.74, 6) is -0.796. The van der Waals surface area contributed by atoms with Gasteiger partial charge in [-0.25, -0.2) is 0 Å². The molecule has 0 radical (unpaired) electrons. The number of rotatable bonds is 2. The van der Waals surface area contributed by atoms with Gasteiger partial charge in [-0.15, -0.1) is 0 Å². The third kappa shape index (κ3) is 2.68. The molecule has 0 aromatic heterocycles. The fourth-order valence-electron chi connectivity index (χ4n) is 2.16. The Kier molecular flexibility index (Phi) is 3.68. The number of carboxylic acids is 1. The van der Waals surface area contributed by atoms with Gasteiger partial charge in [-0.1, -0.05) is 0 Å². The Balaban J connectivity index is 2.73. The highest BCUT2D eigenvalue weighted by atomic mass is 16.4. The maximum atomic E-state index is 11.3. The molecule has 0 aliphatic carbocycles. The van der Waals surface area contributed by atoms with Crippen molar-refractivity contribution < 1.29 is 14.7 Å². The van der Waals surface area contributed by atoms with Crippen LogP contribution in [0, 0.1) is 0 Å². The predicted molar refractivity (Wildman–Crippen MR) is 55.5 cm³/mol. The van der Waals surface area contributed by atoms with Crippen LogP contribution >= 0.6 is 0 Å². The van der Waals surface area contributed by atoms with Crippen molar-refractivity contribution in [3.8, 4) is 0 Å². The zero-order chi connectivity index (χ0) is 11.6. The molecular formula is C10H18N2O3. The lowest BCUT2D eigenvalue weighted by Crippen LogP contribution is -2.58. The monoisotopic (exact) mass is 214 g/mol. The van der Waals surface area contributed by atoms with Crippen LogP contribution in [0.3, 0.4) is 0 Å². The number of carbonyl (C=O) groups is 2. The summed E-state index contributed by atoms with van der Waals surface area (Å²) in [4.78, 5) is 25.8. The molecule has 1 amide bonds. The van der Waals surface area contributed by atoms with Gasteiger partial charge in [-0.2, -0.15) is 0 Å². The minimum Gasteiger partial charge on any atom is -0.481 e. The van der Waals surface area contributed by atoms with Crippen molar-refractivity contribution >= 4 is 11.9 Å². The summed E-state index contributed by atoms with van der Waals surface area (Å²) in [5.41, 5.74) is 0. The minimum atomic E-state index is -0.816. The van der Waals surface area contributed by atoms with Crippen LogP contribution in [0.2, 0.25) is 0 Å². The summed E-state index contributed by atoms with van der Waals surface area (Å²) >= 11 is 0. The van der Waals surface area contributed by atoms with Gasteiger partial charge in [0.2, 0.25) is 5.91 Å². The summed E-state index contributed by atoms with van der Waals surface area (Å²) in [5, 5.41) is 8.80. The van der Waals surface area contributed by atoms with E-state index in [0.29, 0.717) is 6.54 Å². The van der Waals surface area contributed by atoms with Crippen molar-refractivity contribution in [3.63, 3.8) is 0 Å². The molecule has 1 aliphatic rings. The molecule has 0 spiro atoms. The first kappa shape index (κ1) is 12.0. The number of nitrogens with zero attached hydrogens (tertiary/aromatic N) is 2. The molecule has 1 heterocycles. The van der Waals surface area contributed by atoms with E-state index in [9.17, 15) is 9.59 Å². The fourth-order valence-corrected chi connectivity index (χ4v) is 2.16. The van der Waals surface area contributed by atoms with Gasteiger partial charge in [0.05, 0.1) is 6.42 Å².